The van der Waals surface area contributed by atoms with Crippen LogP contribution in [0.15, 0.2) is 22.6 Å². The van der Waals surface area contributed by atoms with Crippen molar-refractivity contribution in [2.45, 2.75) is 69.6 Å². The van der Waals surface area contributed by atoms with Crippen molar-refractivity contribution in [3.8, 4) is 11.5 Å². The number of rotatable bonds is 6. The summed E-state index contributed by atoms with van der Waals surface area (Å²) >= 11 is 0. The van der Waals surface area contributed by atoms with Gasteiger partial charge in [0, 0.05) is 11.5 Å². The van der Waals surface area contributed by atoms with Crippen molar-refractivity contribution >= 4 is 10.0 Å². The largest absolute Gasteiger partial charge is 0.507 e. The fraction of sp³-hybridized carbons (Fsp3) is 0.556. The second-order valence-electron chi connectivity index (χ2n) is 6.66. The standard InChI is InChI=1S/C18H27NO4S/c1-3-4-5-8-14-11-15(20)16(13-9-6-7-12(2)10-13)17(21)18(14)24(19,22)23/h10-11,13,20-21H,3-9H2,1-2H3,(H2,19,22,23). The molecule has 1 aliphatic rings. The van der Waals surface area contributed by atoms with Crippen LogP contribution in [-0.4, -0.2) is 18.6 Å². The molecule has 0 amide bonds. The maximum absolute atomic E-state index is 12.0. The van der Waals surface area contributed by atoms with Crippen LogP contribution in [0.1, 0.15) is 69.4 Å². The number of nitrogens with two attached hydrogens (primary N) is 1. The molecule has 4 N–H and O–H groups in total. The Hall–Kier alpha value is -1.53. The molecule has 5 nitrogen and oxygen atoms in total. The Labute approximate surface area is 144 Å². The van der Waals surface area contributed by atoms with Gasteiger partial charge in [-0.05, 0) is 50.7 Å². The normalized spacial score (nSPS) is 18.5. The Morgan fingerprint density at radius 2 is 2.00 bits per heavy atom. The van der Waals surface area contributed by atoms with Crippen LogP contribution in [0.25, 0.3) is 0 Å². The molecule has 2 rings (SSSR count). The topological polar surface area (TPSA) is 101 Å². The molecular formula is C18H27NO4S. The molecule has 0 bridgehead atoms. The van der Waals surface area contributed by atoms with Crippen molar-refractivity contribution in [1.82, 2.24) is 0 Å². The van der Waals surface area contributed by atoms with Crippen molar-refractivity contribution in [3.63, 3.8) is 0 Å². The highest BCUT2D eigenvalue weighted by Gasteiger charge is 2.28. The Kier molecular flexibility index (Phi) is 5.93. The molecule has 0 heterocycles. The Morgan fingerprint density at radius 1 is 1.29 bits per heavy atom. The highest BCUT2D eigenvalue weighted by atomic mass is 32.2. The van der Waals surface area contributed by atoms with Crippen molar-refractivity contribution in [3.05, 3.63) is 28.8 Å². The summed E-state index contributed by atoms with van der Waals surface area (Å²) in [6.07, 6.45) is 7.84. The number of phenolic OH excluding ortho intramolecular Hbond substituents is 2. The Bertz CT molecular complexity index is 738. The zero-order valence-electron chi connectivity index (χ0n) is 14.4. The predicted molar refractivity (Wildman–Crippen MR) is 94.7 cm³/mol. The lowest BCUT2D eigenvalue weighted by Gasteiger charge is -2.23. The lowest BCUT2D eigenvalue weighted by atomic mass is 9.84. The minimum atomic E-state index is -4.07. The summed E-state index contributed by atoms with van der Waals surface area (Å²) in [4.78, 5) is -0.233. The van der Waals surface area contributed by atoms with Gasteiger partial charge in [-0.2, -0.15) is 0 Å². The second kappa shape index (κ2) is 7.57. The fourth-order valence-corrected chi connectivity index (χ4v) is 4.38. The molecule has 6 heteroatoms. The van der Waals surface area contributed by atoms with Gasteiger partial charge in [-0.3, -0.25) is 0 Å². The molecule has 1 aromatic rings. The van der Waals surface area contributed by atoms with Gasteiger partial charge in [-0.15, -0.1) is 0 Å². The Morgan fingerprint density at radius 3 is 2.58 bits per heavy atom. The van der Waals surface area contributed by atoms with Crippen molar-refractivity contribution in [1.29, 1.82) is 0 Å². The van der Waals surface area contributed by atoms with Crippen LogP contribution in [0.2, 0.25) is 0 Å². The molecule has 1 aromatic carbocycles. The average molecular weight is 353 g/mol. The zero-order chi connectivity index (χ0) is 17.9. The van der Waals surface area contributed by atoms with E-state index >= 15 is 0 Å². The smallest absolute Gasteiger partial charge is 0.242 e. The molecule has 0 fully saturated rings. The quantitative estimate of drug-likeness (QED) is 0.536. The first-order valence-corrected chi connectivity index (χ1v) is 10.1. The monoisotopic (exact) mass is 353 g/mol. The van der Waals surface area contributed by atoms with Crippen molar-refractivity contribution in [2.24, 2.45) is 5.14 Å². The molecule has 24 heavy (non-hydrogen) atoms. The minimum Gasteiger partial charge on any atom is -0.507 e. The van der Waals surface area contributed by atoms with Crippen LogP contribution in [0.4, 0.5) is 0 Å². The number of hydrogen-bond acceptors (Lipinski definition) is 4. The lowest BCUT2D eigenvalue weighted by Crippen LogP contribution is -2.16. The molecule has 1 unspecified atom stereocenters. The summed E-state index contributed by atoms with van der Waals surface area (Å²) in [5, 5.41) is 26.4. The molecule has 0 saturated carbocycles. The third kappa shape index (κ3) is 4.11. The molecule has 1 atom stereocenters. The average Bonchev–Trinajstić information content (AvgIpc) is 2.45. The van der Waals surface area contributed by atoms with E-state index in [4.69, 9.17) is 5.14 Å². The van der Waals surface area contributed by atoms with Gasteiger partial charge in [0.15, 0.2) is 0 Å². The van der Waals surface area contributed by atoms with Gasteiger partial charge in [0.2, 0.25) is 10.0 Å². The van der Waals surface area contributed by atoms with Gasteiger partial charge in [-0.1, -0.05) is 31.4 Å². The fourth-order valence-electron chi connectivity index (χ4n) is 3.48. The first-order chi connectivity index (χ1) is 11.3. The number of unbranched alkanes of at least 4 members (excludes halogenated alkanes) is 2. The zero-order valence-corrected chi connectivity index (χ0v) is 15.2. The van der Waals surface area contributed by atoms with E-state index in [-0.39, 0.29) is 27.9 Å². The van der Waals surface area contributed by atoms with E-state index in [0.29, 0.717) is 12.0 Å². The molecule has 0 radical (unpaired) electrons. The number of sulfonamides is 1. The van der Waals surface area contributed by atoms with Crippen molar-refractivity contribution in [2.75, 3.05) is 0 Å². The number of phenols is 2. The lowest BCUT2D eigenvalue weighted by molar-refractivity contribution is 0.416. The number of allylic oxidation sites excluding steroid dienone is 2. The van der Waals surface area contributed by atoms with Gasteiger partial charge in [0.05, 0.1) is 0 Å². The second-order valence-corrected chi connectivity index (χ2v) is 8.16. The van der Waals surface area contributed by atoms with Crippen LogP contribution >= 0.6 is 0 Å². The van der Waals surface area contributed by atoms with E-state index in [2.05, 4.69) is 6.92 Å². The first-order valence-electron chi connectivity index (χ1n) is 8.53. The van der Waals surface area contributed by atoms with Gasteiger partial charge < -0.3 is 10.2 Å². The molecule has 134 valence electrons. The van der Waals surface area contributed by atoms with E-state index in [1.807, 2.05) is 13.0 Å². The number of benzene rings is 1. The molecule has 0 saturated heterocycles. The van der Waals surface area contributed by atoms with Gasteiger partial charge in [0.25, 0.3) is 0 Å². The van der Waals surface area contributed by atoms with Crippen molar-refractivity contribution < 1.29 is 18.6 Å². The number of aromatic hydroxyl groups is 2. The molecule has 0 aliphatic heterocycles. The van der Waals surface area contributed by atoms with E-state index in [1.165, 1.54) is 11.6 Å². The van der Waals surface area contributed by atoms with E-state index in [0.717, 1.165) is 38.5 Å². The summed E-state index contributed by atoms with van der Waals surface area (Å²) in [6, 6.07) is 1.46. The number of aryl methyl sites for hydroxylation is 1. The summed E-state index contributed by atoms with van der Waals surface area (Å²) in [6.45, 7) is 4.05. The van der Waals surface area contributed by atoms with E-state index < -0.39 is 10.0 Å². The summed E-state index contributed by atoms with van der Waals surface area (Å²) in [5.41, 5.74) is 1.84. The van der Waals surface area contributed by atoms with Gasteiger partial charge in [-0.25, -0.2) is 13.6 Å². The predicted octanol–water partition coefficient (Wildman–Crippen LogP) is 3.69. The maximum atomic E-state index is 12.0. The number of hydrogen-bond donors (Lipinski definition) is 3. The highest BCUT2D eigenvalue weighted by molar-refractivity contribution is 7.89. The molecule has 0 aromatic heterocycles. The van der Waals surface area contributed by atoms with Crippen LogP contribution < -0.4 is 5.14 Å². The molecule has 0 spiro atoms. The number of primary sulfonamides is 1. The van der Waals surface area contributed by atoms with Gasteiger partial charge >= 0.3 is 0 Å². The summed E-state index contributed by atoms with van der Waals surface area (Å²) in [7, 11) is -4.07. The van der Waals surface area contributed by atoms with E-state index in [1.54, 1.807) is 0 Å². The summed E-state index contributed by atoms with van der Waals surface area (Å²) in [5.74, 6) is -0.633. The first kappa shape index (κ1) is 18.8. The van der Waals surface area contributed by atoms with Gasteiger partial charge in [0.1, 0.15) is 16.4 Å². The minimum absolute atomic E-state index is 0.0534. The maximum Gasteiger partial charge on any atom is 0.242 e. The van der Waals surface area contributed by atoms with Crippen LogP contribution in [-0.2, 0) is 16.4 Å². The highest BCUT2D eigenvalue weighted by Crippen LogP contribution is 2.45. The molecular weight excluding hydrogens is 326 g/mol. The van der Waals surface area contributed by atoms with Crippen LogP contribution in [0, 0.1) is 0 Å². The van der Waals surface area contributed by atoms with Crippen LogP contribution in [0.3, 0.4) is 0 Å². The SMILES string of the molecule is CCCCCc1cc(O)c(C2C=C(C)CCC2)c(O)c1S(N)(=O)=O. The van der Waals surface area contributed by atoms with Crippen LogP contribution in [0.5, 0.6) is 11.5 Å². The third-order valence-electron chi connectivity index (χ3n) is 4.63. The third-order valence-corrected chi connectivity index (χ3v) is 5.65. The summed E-state index contributed by atoms with van der Waals surface area (Å²) < 4.78 is 24.1. The molecule has 1 aliphatic carbocycles. The Balaban J connectivity index is 2.56. The van der Waals surface area contributed by atoms with E-state index in [9.17, 15) is 18.6 Å².